The molecule has 1 aromatic carbocycles. The van der Waals surface area contributed by atoms with Crippen LogP contribution < -0.4 is 11.4 Å². The van der Waals surface area contributed by atoms with Gasteiger partial charge in [0.05, 0.1) is 11.3 Å². The van der Waals surface area contributed by atoms with Crippen LogP contribution in [0.5, 0.6) is 0 Å². The van der Waals surface area contributed by atoms with Crippen molar-refractivity contribution in [3.8, 4) is 5.69 Å². The Labute approximate surface area is 103 Å². The van der Waals surface area contributed by atoms with Crippen LogP contribution in [-0.4, -0.2) is 25.4 Å². The summed E-state index contributed by atoms with van der Waals surface area (Å²) in [5.41, 5.74) is -3.42. The van der Waals surface area contributed by atoms with Gasteiger partial charge in [-0.15, -0.1) is 0 Å². The number of rotatable bonds is 2. The molecule has 0 aliphatic heterocycles. The molecule has 0 spiro atoms. The van der Waals surface area contributed by atoms with E-state index in [0.29, 0.717) is 16.7 Å². The molecule has 1 heterocycles. The molecule has 2 rings (SSSR count). The minimum atomic E-state index is -1.66. The number of hydrogen-bond donors (Lipinski definition) is 2. The average Bonchev–Trinajstić information content (AvgIpc) is 2.56. The van der Waals surface area contributed by atoms with Gasteiger partial charge in [0.1, 0.15) is 11.6 Å². The summed E-state index contributed by atoms with van der Waals surface area (Å²) in [6, 6.07) is 0.890. The zero-order valence-corrected chi connectivity index (χ0v) is 9.48. The second kappa shape index (κ2) is 4.19. The number of H-pyrrole nitrogens is 1. The predicted octanol–water partition coefficient (Wildman–Crippen LogP) is -0.159. The molecule has 0 amide bonds. The molecule has 0 fully saturated rings. The van der Waals surface area contributed by atoms with Gasteiger partial charge in [0.15, 0.2) is 0 Å². The number of aromatic amines is 1. The number of nitrogens with zero attached hydrogens (tertiary/aromatic N) is 2. The van der Waals surface area contributed by atoms with E-state index in [0.717, 1.165) is 4.68 Å². The van der Waals surface area contributed by atoms with E-state index >= 15 is 0 Å². The monoisotopic (exact) mass is 271 g/mol. The number of carboxylic acids is 1. The summed E-state index contributed by atoms with van der Waals surface area (Å²) < 4.78 is 28.3. The van der Waals surface area contributed by atoms with E-state index in [9.17, 15) is 23.2 Å². The van der Waals surface area contributed by atoms with E-state index in [1.165, 1.54) is 7.05 Å². The fraction of sp³-hybridized carbons (Fsp3) is 0.100. The lowest BCUT2D eigenvalue weighted by molar-refractivity contribution is 0.0691. The number of benzene rings is 1. The first-order chi connectivity index (χ1) is 8.82. The molecule has 0 radical (unpaired) electrons. The first-order valence-corrected chi connectivity index (χ1v) is 4.93. The summed E-state index contributed by atoms with van der Waals surface area (Å²) in [5.74, 6) is -4.10. The third kappa shape index (κ3) is 1.94. The van der Waals surface area contributed by atoms with Crippen LogP contribution in [0.3, 0.4) is 0 Å². The van der Waals surface area contributed by atoms with Crippen LogP contribution in [-0.2, 0) is 7.05 Å². The van der Waals surface area contributed by atoms with Gasteiger partial charge in [-0.05, 0) is 6.07 Å². The number of hydrogen-bond acceptors (Lipinski definition) is 3. The summed E-state index contributed by atoms with van der Waals surface area (Å²) in [4.78, 5) is 33.6. The van der Waals surface area contributed by atoms with Crippen LogP contribution in [0.2, 0.25) is 0 Å². The molecule has 0 saturated carbocycles. The largest absolute Gasteiger partial charge is 0.478 e. The number of carbonyl (C=O) groups is 1. The van der Waals surface area contributed by atoms with Crippen molar-refractivity contribution in [2.45, 2.75) is 0 Å². The molecule has 0 aliphatic carbocycles. The van der Waals surface area contributed by atoms with E-state index in [1.807, 2.05) is 0 Å². The first kappa shape index (κ1) is 12.7. The molecule has 0 aliphatic rings. The maximum Gasteiger partial charge on any atom is 0.351 e. The number of halogens is 2. The highest BCUT2D eigenvalue weighted by atomic mass is 19.1. The zero-order chi connectivity index (χ0) is 14.3. The van der Waals surface area contributed by atoms with Crippen LogP contribution in [0, 0.1) is 11.6 Å². The smallest absolute Gasteiger partial charge is 0.351 e. The van der Waals surface area contributed by atoms with Crippen molar-refractivity contribution >= 4 is 5.97 Å². The van der Waals surface area contributed by atoms with Gasteiger partial charge in [0.2, 0.25) is 0 Å². The number of aryl methyl sites for hydroxylation is 1. The Kier molecular flexibility index (Phi) is 2.81. The predicted molar refractivity (Wildman–Crippen MR) is 58.5 cm³/mol. The highest BCUT2D eigenvalue weighted by Gasteiger charge is 2.19. The van der Waals surface area contributed by atoms with Gasteiger partial charge in [0, 0.05) is 13.1 Å². The van der Waals surface area contributed by atoms with Crippen LogP contribution in [0.15, 0.2) is 21.7 Å². The van der Waals surface area contributed by atoms with Crippen LogP contribution in [0.1, 0.15) is 10.4 Å². The van der Waals surface area contributed by atoms with E-state index in [4.69, 9.17) is 5.11 Å². The maximum absolute atomic E-state index is 13.7. The van der Waals surface area contributed by atoms with E-state index in [-0.39, 0.29) is 0 Å². The van der Waals surface area contributed by atoms with Gasteiger partial charge < -0.3 is 5.11 Å². The van der Waals surface area contributed by atoms with Crippen molar-refractivity contribution in [1.29, 1.82) is 0 Å². The van der Waals surface area contributed by atoms with Crippen molar-refractivity contribution in [1.82, 2.24) is 14.3 Å². The number of aromatic nitrogens is 3. The van der Waals surface area contributed by atoms with Crippen LogP contribution in [0.4, 0.5) is 8.78 Å². The molecule has 0 unspecified atom stereocenters. The molecule has 0 bridgehead atoms. The van der Waals surface area contributed by atoms with Crippen LogP contribution >= 0.6 is 0 Å². The molecule has 0 saturated heterocycles. The number of aromatic carboxylic acids is 1. The van der Waals surface area contributed by atoms with Gasteiger partial charge in [-0.2, -0.15) is 0 Å². The molecule has 2 aromatic rings. The van der Waals surface area contributed by atoms with E-state index < -0.39 is 40.2 Å². The number of carboxylic acid groups (broad SMARTS) is 1. The molecular formula is C10H7F2N3O4. The maximum atomic E-state index is 13.7. The van der Waals surface area contributed by atoms with Crippen molar-refractivity contribution < 1.29 is 18.7 Å². The Morgan fingerprint density at radius 2 is 1.89 bits per heavy atom. The lowest BCUT2D eigenvalue weighted by Crippen LogP contribution is -2.27. The van der Waals surface area contributed by atoms with Gasteiger partial charge in [-0.25, -0.2) is 37.5 Å². The summed E-state index contributed by atoms with van der Waals surface area (Å²) in [5, 5.41) is 10.7. The quantitative estimate of drug-likeness (QED) is 0.793. The third-order valence-corrected chi connectivity index (χ3v) is 2.45. The standard InChI is InChI=1S/C10H7F2N3O4/c1-14-10(19)15(9(18)13-14)7-3-5(11)4(8(16)17)2-6(7)12/h2-3H,1H3,(H,13,18)(H,16,17). The van der Waals surface area contributed by atoms with Gasteiger partial charge >= 0.3 is 17.3 Å². The lowest BCUT2D eigenvalue weighted by Gasteiger charge is -2.04. The summed E-state index contributed by atoms with van der Waals surface area (Å²) in [6.45, 7) is 0. The van der Waals surface area contributed by atoms with Gasteiger partial charge in [-0.1, -0.05) is 0 Å². The zero-order valence-electron chi connectivity index (χ0n) is 9.48. The highest BCUT2D eigenvalue weighted by Crippen LogP contribution is 2.16. The second-order valence-electron chi connectivity index (χ2n) is 3.68. The molecule has 100 valence electrons. The molecular weight excluding hydrogens is 264 g/mol. The normalized spacial score (nSPS) is 10.7. The van der Waals surface area contributed by atoms with E-state index in [2.05, 4.69) is 5.10 Å². The fourth-order valence-electron chi connectivity index (χ4n) is 1.56. The highest BCUT2D eigenvalue weighted by molar-refractivity contribution is 5.88. The Morgan fingerprint density at radius 1 is 1.26 bits per heavy atom. The van der Waals surface area contributed by atoms with Crippen LogP contribution in [0.25, 0.3) is 5.69 Å². The molecule has 1 aromatic heterocycles. The molecule has 2 N–H and O–H groups in total. The van der Waals surface area contributed by atoms with Crippen molar-refractivity contribution in [3.63, 3.8) is 0 Å². The fourth-order valence-corrected chi connectivity index (χ4v) is 1.56. The SMILES string of the molecule is Cn1[nH]c(=O)n(-c2cc(F)c(C(=O)O)cc2F)c1=O. The molecule has 7 nitrogen and oxygen atoms in total. The Hall–Kier alpha value is -2.71. The summed E-state index contributed by atoms with van der Waals surface area (Å²) in [6.07, 6.45) is 0. The Bertz CT molecular complexity index is 787. The van der Waals surface area contributed by atoms with Crippen molar-refractivity contribution in [2.24, 2.45) is 7.05 Å². The molecule has 0 atom stereocenters. The summed E-state index contributed by atoms with van der Waals surface area (Å²) in [7, 11) is 1.22. The second-order valence-corrected chi connectivity index (χ2v) is 3.68. The van der Waals surface area contributed by atoms with Gasteiger partial charge in [-0.3, -0.25) is 0 Å². The van der Waals surface area contributed by atoms with Crippen molar-refractivity contribution in [2.75, 3.05) is 0 Å². The average molecular weight is 271 g/mol. The van der Waals surface area contributed by atoms with Gasteiger partial charge in [0.25, 0.3) is 0 Å². The summed E-state index contributed by atoms with van der Waals surface area (Å²) >= 11 is 0. The Morgan fingerprint density at radius 3 is 2.37 bits per heavy atom. The molecule has 9 heteroatoms. The lowest BCUT2D eigenvalue weighted by atomic mass is 10.2. The third-order valence-electron chi connectivity index (χ3n) is 2.45. The first-order valence-electron chi connectivity index (χ1n) is 4.93. The minimum Gasteiger partial charge on any atom is -0.478 e. The van der Waals surface area contributed by atoms with E-state index in [1.54, 1.807) is 0 Å². The van der Waals surface area contributed by atoms with Crippen molar-refractivity contribution in [3.05, 3.63) is 50.3 Å². The molecule has 19 heavy (non-hydrogen) atoms. The minimum absolute atomic E-state index is 0.365. The number of nitrogens with one attached hydrogen (secondary N) is 1. The Balaban J connectivity index is 2.78. The topological polar surface area (TPSA) is 97.1 Å².